The van der Waals surface area contributed by atoms with Gasteiger partial charge in [0.05, 0.1) is 11.0 Å². The molecule has 0 spiro atoms. The molecule has 22 heavy (non-hydrogen) atoms. The van der Waals surface area contributed by atoms with Crippen LogP contribution in [0, 0.1) is 5.41 Å². The van der Waals surface area contributed by atoms with Crippen molar-refractivity contribution in [3.63, 3.8) is 0 Å². The summed E-state index contributed by atoms with van der Waals surface area (Å²) >= 11 is 0. The second-order valence-electron chi connectivity index (χ2n) is 6.29. The number of benzene rings is 2. The number of imidazole rings is 1. The van der Waals surface area contributed by atoms with Crippen LogP contribution in [0.25, 0.3) is 11.0 Å². The second kappa shape index (κ2) is 5.30. The van der Waals surface area contributed by atoms with Crippen LogP contribution in [0.3, 0.4) is 0 Å². The van der Waals surface area contributed by atoms with Crippen molar-refractivity contribution >= 4 is 17.1 Å². The van der Waals surface area contributed by atoms with Crippen LogP contribution in [-0.4, -0.2) is 15.6 Å². The van der Waals surface area contributed by atoms with Crippen molar-refractivity contribution in [3.8, 4) is 5.75 Å². The normalized spacial score (nSPS) is 11.6. The van der Waals surface area contributed by atoms with Crippen LogP contribution in [0.15, 0.2) is 54.9 Å². The Morgan fingerprint density at radius 2 is 1.86 bits per heavy atom. The van der Waals surface area contributed by atoms with E-state index in [2.05, 4.69) is 31.8 Å². The van der Waals surface area contributed by atoms with Gasteiger partial charge in [-0.15, -0.1) is 0 Å². The second-order valence-corrected chi connectivity index (χ2v) is 6.29. The van der Waals surface area contributed by atoms with Gasteiger partial charge in [0.2, 0.25) is 0 Å². The summed E-state index contributed by atoms with van der Waals surface area (Å²) in [5.74, 6) is 0.662. The third kappa shape index (κ3) is 2.72. The van der Waals surface area contributed by atoms with Gasteiger partial charge in [0.1, 0.15) is 12.1 Å². The SMILES string of the molecule is CC(C)(C)c1cccc(OC(=N)n2cnc3ccccc32)c1. The molecule has 0 unspecified atom stereocenters. The lowest BCUT2D eigenvalue weighted by Crippen LogP contribution is -2.17. The topological polar surface area (TPSA) is 50.9 Å². The summed E-state index contributed by atoms with van der Waals surface area (Å²) in [6.07, 6.45) is 1.61. The third-order valence-corrected chi connectivity index (χ3v) is 3.59. The third-order valence-electron chi connectivity index (χ3n) is 3.59. The van der Waals surface area contributed by atoms with Crippen LogP contribution in [-0.2, 0) is 5.41 Å². The molecule has 1 N–H and O–H groups in total. The minimum Gasteiger partial charge on any atom is -0.426 e. The molecule has 0 radical (unpaired) electrons. The lowest BCUT2D eigenvalue weighted by molar-refractivity contribution is 0.514. The first-order valence-electron chi connectivity index (χ1n) is 7.24. The van der Waals surface area contributed by atoms with Gasteiger partial charge in [-0.1, -0.05) is 45.0 Å². The molecule has 0 aliphatic carbocycles. The van der Waals surface area contributed by atoms with Crippen LogP contribution < -0.4 is 4.74 Å². The average Bonchev–Trinajstić information content (AvgIpc) is 2.90. The van der Waals surface area contributed by atoms with Gasteiger partial charge >= 0.3 is 0 Å². The maximum absolute atomic E-state index is 8.19. The van der Waals surface area contributed by atoms with Crippen LogP contribution >= 0.6 is 0 Å². The molecule has 4 nitrogen and oxygen atoms in total. The Labute approximate surface area is 129 Å². The van der Waals surface area contributed by atoms with E-state index in [0.29, 0.717) is 5.75 Å². The van der Waals surface area contributed by atoms with E-state index in [4.69, 9.17) is 10.1 Å². The molecule has 0 saturated carbocycles. The minimum absolute atomic E-state index is 0.0414. The number of para-hydroxylation sites is 2. The molecule has 0 bridgehead atoms. The summed E-state index contributed by atoms with van der Waals surface area (Å²) < 4.78 is 7.35. The highest BCUT2D eigenvalue weighted by Gasteiger charge is 2.15. The number of ether oxygens (including phenoxy) is 1. The van der Waals surface area contributed by atoms with E-state index in [0.717, 1.165) is 11.0 Å². The summed E-state index contributed by atoms with van der Waals surface area (Å²) in [5, 5.41) is 8.19. The van der Waals surface area contributed by atoms with Crippen molar-refractivity contribution in [3.05, 3.63) is 60.4 Å². The maximum atomic E-state index is 8.19. The fourth-order valence-corrected chi connectivity index (χ4v) is 2.31. The Balaban J connectivity index is 1.89. The zero-order valence-electron chi connectivity index (χ0n) is 13.0. The number of hydrogen-bond donors (Lipinski definition) is 1. The summed E-state index contributed by atoms with van der Waals surface area (Å²) in [4.78, 5) is 4.28. The van der Waals surface area contributed by atoms with Crippen LogP contribution in [0.5, 0.6) is 5.75 Å². The molecule has 2 aromatic carbocycles. The summed E-state index contributed by atoms with van der Waals surface area (Å²) in [7, 11) is 0. The summed E-state index contributed by atoms with van der Waals surface area (Å²) in [6, 6.07) is 15.6. The molecule has 0 aliphatic heterocycles. The van der Waals surface area contributed by atoms with Crippen molar-refractivity contribution in [1.29, 1.82) is 5.41 Å². The van der Waals surface area contributed by atoms with Gasteiger partial charge in [-0.2, -0.15) is 0 Å². The first-order valence-corrected chi connectivity index (χ1v) is 7.24. The fraction of sp³-hybridized carbons (Fsp3) is 0.222. The molecule has 1 aromatic heterocycles. The van der Waals surface area contributed by atoms with Gasteiger partial charge in [-0.3, -0.25) is 9.98 Å². The highest BCUT2D eigenvalue weighted by Crippen LogP contribution is 2.26. The number of hydrogen-bond acceptors (Lipinski definition) is 3. The highest BCUT2D eigenvalue weighted by molar-refractivity contribution is 5.88. The van der Waals surface area contributed by atoms with Gasteiger partial charge < -0.3 is 4.74 Å². The number of aromatic nitrogens is 2. The molecule has 0 atom stereocenters. The molecule has 4 heteroatoms. The van der Waals surface area contributed by atoms with E-state index in [1.165, 1.54) is 5.56 Å². The number of nitrogens with one attached hydrogen (secondary N) is 1. The molecule has 0 saturated heterocycles. The summed E-state index contributed by atoms with van der Waals surface area (Å²) in [5.41, 5.74) is 2.93. The van der Waals surface area contributed by atoms with E-state index in [1.807, 2.05) is 42.5 Å². The van der Waals surface area contributed by atoms with Gasteiger partial charge in [0, 0.05) is 0 Å². The highest BCUT2D eigenvalue weighted by atomic mass is 16.5. The maximum Gasteiger partial charge on any atom is 0.300 e. The van der Waals surface area contributed by atoms with Crippen molar-refractivity contribution in [2.45, 2.75) is 26.2 Å². The Morgan fingerprint density at radius 3 is 2.64 bits per heavy atom. The van der Waals surface area contributed by atoms with Crippen LogP contribution in [0.4, 0.5) is 0 Å². The van der Waals surface area contributed by atoms with Crippen LogP contribution in [0.2, 0.25) is 0 Å². The van der Waals surface area contributed by atoms with E-state index in [-0.39, 0.29) is 11.4 Å². The Morgan fingerprint density at radius 1 is 1.09 bits per heavy atom. The lowest BCUT2D eigenvalue weighted by Gasteiger charge is -2.19. The van der Waals surface area contributed by atoms with Crippen molar-refractivity contribution in [2.24, 2.45) is 0 Å². The number of rotatable bonds is 1. The average molecular weight is 293 g/mol. The van der Waals surface area contributed by atoms with Gasteiger partial charge in [0.25, 0.3) is 6.02 Å². The zero-order valence-corrected chi connectivity index (χ0v) is 13.0. The molecule has 0 amide bonds. The fourth-order valence-electron chi connectivity index (χ4n) is 2.31. The smallest absolute Gasteiger partial charge is 0.300 e. The van der Waals surface area contributed by atoms with E-state index < -0.39 is 0 Å². The first-order chi connectivity index (χ1) is 10.4. The summed E-state index contributed by atoms with van der Waals surface area (Å²) in [6.45, 7) is 6.46. The molecule has 3 aromatic rings. The standard InChI is InChI=1S/C18H19N3O/c1-18(2,3)13-7-6-8-14(11-13)22-17(19)21-12-20-15-9-4-5-10-16(15)21/h4-12,19H,1-3H3. The van der Waals surface area contributed by atoms with Gasteiger partial charge in [-0.25, -0.2) is 4.98 Å². The molecule has 0 fully saturated rings. The molecular weight excluding hydrogens is 274 g/mol. The predicted molar refractivity (Wildman–Crippen MR) is 88.6 cm³/mol. The van der Waals surface area contributed by atoms with E-state index in [1.54, 1.807) is 10.9 Å². The number of nitrogens with zero attached hydrogens (tertiary/aromatic N) is 2. The molecule has 1 heterocycles. The quantitative estimate of drug-likeness (QED) is 0.540. The molecular formula is C18H19N3O. The molecule has 112 valence electrons. The lowest BCUT2D eigenvalue weighted by atomic mass is 9.87. The zero-order chi connectivity index (χ0) is 15.7. The van der Waals surface area contributed by atoms with Crippen molar-refractivity contribution in [2.75, 3.05) is 0 Å². The first kappa shape index (κ1) is 14.3. The van der Waals surface area contributed by atoms with Crippen LogP contribution in [0.1, 0.15) is 26.3 Å². The largest absolute Gasteiger partial charge is 0.426 e. The van der Waals surface area contributed by atoms with Crippen molar-refractivity contribution in [1.82, 2.24) is 9.55 Å². The van der Waals surface area contributed by atoms with E-state index >= 15 is 0 Å². The van der Waals surface area contributed by atoms with Gasteiger partial charge in [0.15, 0.2) is 0 Å². The van der Waals surface area contributed by atoms with Gasteiger partial charge in [-0.05, 0) is 35.2 Å². The van der Waals surface area contributed by atoms with Crippen molar-refractivity contribution < 1.29 is 4.74 Å². The minimum atomic E-state index is 0.0414. The Bertz CT molecular complexity index is 827. The Hall–Kier alpha value is -2.62. The Kier molecular flexibility index (Phi) is 3.45. The number of fused-ring (bicyclic) bond motifs is 1. The molecule has 0 aliphatic rings. The molecule has 3 rings (SSSR count). The monoisotopic (exact) mass is 293 g/mol. The predicted octanol–water partition coefficient (Wildman–Crippen LogP) is 4.20. The van der Waals surface area contributed by atoms with E-state index in [9.17, 15) is 0 Å².